The van der Waals surface area contributed by atoms with E-state index < -0.39 is 5.97 Å². The fourth-order valence-corrected chi connectivity index (χ4v) is 2.10. The van der Waals surface area contributed by atoms with Gasteiger partial charge >= 0.3 is 5.97 Å². The summed E-state index contributed by atoms with van der Waals surface area (Å²) in [6.45, 7) is 2.50. The lowest BCUT2D eigenvalue weighted by molar-refractivity contribution is 0.0697. The molecule has 0 bridgehead atoms. The molecule has 0 aliphatic carbocycles. The molecular formula is C12H12N2O3S. The molecule has 0 aliphatic rings. The number of carbonyl (C=O) groups is 1. The smallest absolute Gasteiger partial charge is 0.335 e. The van der Waals surface area contributed by atoms with Crippen molar-refractivity contribution >= 4 is 29.1 Å². The summed E-state index contributed by atoms with van der Waals surface area (Å²) in [5.74, 6) is -1.03. The molecule has 0 spiro atoms. The molecule has 5 nitrogen and oxygen atoms in total. The van der Waals surface area contributed by atoms with Gasteiger partial charge in [-0.1, -0.05) is 6.92 Å². The molecule has 0 unspecified atom stereocenters. The third-order valence-electron chi connectivity index (χ3n) is 2.68. The summed E-state index contributed by atoms with van der Waals surface area (Å²) in [4.78, 5) is 25.9. The third kappa shape index (κ3) is 2.06. The second-order valence-corrected chi connectivity index (χ2v) is 4.34. The average molecular weight is 264 g/mol. The van der Waals surface area contributed by atoms with E-state index in [0.717, 1.165) is 6.42 Å². The molecule has 0 atom stereocenters. The standard InChI is InChI=1S/C12H12N2O3S/c1-2-5-14-10(15)8-4-3-7(11(16)17)6-9(8)13-12(14)18/h3-4,6H,2,5H2,1H3,(H,13,18)(H,16,17). The van der Waals surface area contributed by atoms with Crippen molar-refractivity contribution in [1.82, 2.24) is 9.55 Å². The van der Waals surface area contributed by atoms with Crippen molar-refractivity contribution in [2.24, 2.45) is 0 Å². The lowest BCUT2D eigenvalue weighted by atomic mass is 10.1. The molecular weight excluding hydrogens is 252 g/mol. The first-order valence-electron chi connectivity index (χ1n) is 5.54. The van der Waals surface area contributed by atoms with E-state index in [0.29, 0.717) is 22.2 Å². The Bertz CT molecular complexity index is 730. The Hall–Kier alpha value is -1.95. The van der Waals surface area contributed by atoms with Crippen molar-refractivity contribution < 1.29 is 9.90 Å². The average Bonchev–Trinajstić information content (AvgIpc) is 2.33. The molecule has 2 N–H and O–H groups in total. The molecule has 2 rings (SSSR count). The first-order chi connectivity index (χ1) is 8.54. The Kier molecular flexibility index (Phi) is 3.29. The minimum Gasteiger partial charge on any atom is -0.478 e. The number of hydrogen-bond donors (Lipinski definition) is 2. The highest BCUT2D eigenvalue weighted by Crippen LogP contribution is 2.10. The number of aromatic amines is 1. The number of aromatic nitrogens is 2. The van der Waals surface area contributed by atoms with Gasteiger partial charge in [0.25, 0.3) is 5.56 Å². The van der Waals surface area contributed by atoms with Gasteiger partial charge in [-0.2, -0.15) is 0 Å². The first kappa shape index (κ1) is 12.5. The molecule has 0 aliphatic heterocycles. The molecule has 1 aromatic carbocycles. The van der Waals surface area contributed by atoms with Crippen LogP contribution in [0.15, 0.2) is 23.0 Å². The van der Waals surface area contributed by atoms with Gasteiger partial charge < -0.3 is 10.1 Å². The lowest BCUT2D eigenvalue weighted by Gasteiger charge is -2.06. The second kappa shape index (κ2) is 4.73. The van der Waals surface area contributed by atoms with Crippen LogP contribution in [-0.4, -0.2) is 20.6 Å². The van der Waals surface area contributed by atoms with Crippen molar-refractivity contribution in [2.45, 2.75) is 19.9 Å². The molecule has 0 radical (unpaired) electrons. The maximum absolute atomic E-state index is 12.1. The Morgan fingerprint density at radius 3 is 2.83 bits per heavy atom. The summed E-state index contributed by atoms with van der Waals surface area (Å²) in [5, 5.41) is 9.34. The Labute approximate surface area is 108 Å². The van der Waals surface area contributed by atoms with Crippen LogP contribution in [0.25, 0.3) is 10.9 Å². The molecule has 2 aromatic rings. The number of carboxylic acids is 1. The minimum absolute atomic E-state index is 0.126. The molecule has 0 fully saturated rings. The Morgan fingerprint density at radius 2 is 2.22 bits per heavy atom. The zero-order chi connectivity index (χ0) is 13.3. The highest BCUT2D eigenvalue weighted by atomic mass is 32.1. The van der Waals surface area contributed by atoms with Gasteiger partial charge in [0.2, 0.25) is 0 Å². The largest absolute Gasteiger partial charge is 0.478 e. The van der Waals surface area contributed by atoms with E-state index in [1.54, 1.807) is 0 Å². The van der Waals surface area contributed by atoms with Crippen LogP contribution in [0.3, 0.4) is 0 Å². The van der Waals surface area contributed by atoms with Gasteiger partial charge in [-0.3, -0.25) is 9.36 Å². The zero-order valence-electron chi connectivity index (χ0n) is 9.77. The van der Waals surface area contributed by atoms with Crippen molar-refractivity contribution in [2.75, 3.05) is 0 Å². The predicted octanol–water partition coefficient (Wildman–Crippen LogP) is 2.17. The number of H-pyrrole nitrogens is 1. The van der Waals surface area contributed by atoms with E-state index in [-0.39, 0.29) is 11.1 Å². The maximum atomic E-state index is 12.1. The number of rotatable bonds is 3. The molecule has 94 valence electrons. The van der Waals surface area contributed by atoms with Gasteiger partial charge in [0.1, 0.15) is 0 Å². The van der Waals surface area contributed by atoms with Crippen LogP contribution in [0.1, 0.15) is 23.7 Å². The summed E-state index contributed by atoms with van der Waals surface area (Å²) in [5.41, 5.74) is 0.394. The SMILES string of the molecule is CCCn1c(=S)[nH]c2cc(C(=O)O)ccc2c1=O. The number of carboxylic acid groups (broad SMARTS) is 1. The van der Waals surface area contributed by atoms with Crippen molar-refractivity contribution in [3.8, 4) is 0 Å². The normalized spacial score (nSPS) is 10.7. The maximum Gasteiger partial charge on any atom is 0.335 e. The van der Waals surface area contributed by atoms with Crippen LogP contribution in [0.4, 0.5) is 0 Å². The summed E-state index contributed by atoms with van der Waals surface area (Å²) in [6.07, 6.45) is 0.802. The van der Waals surface area contributed by atoms with E-state index in [1.165, 1.54) is 22.8 Å². The van der Waals surface area contributed by atoms with Crippen molar-refractivity contribution in [1.29, 1.82) is 0 Å². The second-order valence-electron chi connectivity index (χ2n) is 3.95. The van der Waals surface area contributed by atoms with Gasteiger partial charge in [0.05, 0.1) is 16.5 Å². The van der Waals surface area contributed by atoms with Crippen LogP contribution in [-0.2, 0) is 6.54 Å². The highest BCUT2D eigenvalue weighted by Gasteiger charge is 2.08. The van der Waals surface area contributed by atoms with Crippen LogP contribution in [0.5, 0.6) is 0 Å². The third-order valence-corrected chi connectivity index (χ3v) is 3.00. The van der Waals surface area contributed by atoms with Gasteiger partial charge in [0, 0.05) is 6.54 Å². The van der Waals surface area contributed by atoms with Gasteiger partial charge in [-0.25, -0.2) is 4.79 Å². The summed E-state index contributed by atoms with van der Waals surface area (Å²) >= 11 is 5.10. The zero-order valence-corrected chi connectivity index (χ0v) is 10.6. The number of nitrogens with zero attached hydrogens (tertiary/aromatic N) is 1. The van der Waals surface area contributed by atoms with Gasteiger partial charge in [0.15, 0.2) is 4.77 Å². The van der Waals surface area contributed by atoms with Crippen LogP contribution < -0.4 is 5.56 Å². The van der Waals surface area contributed by atoms with E-state index in [2.05, 4.69) is 4.98 Å². The fourth-order valence-electron chi connectivity index (χ4n) is 1.81. The van der Waals surface area contributed by atoms with Crippen LogP contribution >= 0.6 is 12.2 Å². The molecule has 0 saturated heterocycles. The number of fused-ring (bicyclic) bond motifs is 1. The van der Waals surface area contributed by atoms with E-state index >= 15 is 0 Å². The van der Waals surface area contributed by atoms with E-state index in [9.17, 15) is 9.59 Å². The molecule has 18 heavy (non-hydrogen) atoms. The van der Waals surface area contributed by atoms with Gasteiger partial charge in [-0.05, 0) is 36.8 Å². The number of benzene rings is 1. The molecule has 0 saturated carbocycles. The number of hydrogen-bond acceptors (Lipinski definition) is 3. The summed E-state index contributed by atoms with van der Waals surface area (Å²) < 4.78 is 1.80. The van der Waals surface area contributed by atoms with Crippen molar-refractivity contribution in [3.05, 3.63) is 38.9 Å². The number of aromatic carboxylic acids is 1. The topological polar surface area (TPSA) is 75.1 Å². The number of nitrogens with one attached hydrogen (secondary N) is 1. The van der Waals surface area contributed by atoms with Crippen LogP contribution in [0, 0.1) is 4.77 Å². The highest BCUT2D eigenvalue weighted by molar-refractivity contribution is 7.71. The summed E-state index contributed by atoms with van der Waals surface area (Å²) in [6, 6.07) is 4.35. The fraction of sp³-hybridized carbons (Fsp3) is 0.250. The van der Waals surface area contributed by atoms with Gasteiger partial charge in [-0.15, -0.1) is 0 Å². The van der Waals surface area contributed by atoms with E-state index in [1.807, 2.05) is 6.92 Å². The predicted molar refractivity (Wildman–Crippen MR) is 70.6 cm³/mol. The van der Waals surface area contributed by atoms with Crippen molar-refractivity contribution in [3.63, 3.8) is 0 Å². The Balaban J connectivity index is 2.78. The molecule has 1 aromatic heterocycles. The molecule has 1 heterocycles. The summed E-state index contributed by atoms with van der Waals surface area (Å²) in [7, 11) is 0. The lowest BCUT2D eigenvalue weighted by Crippen LogP contribution is -2.22. The van der Waals surface area contributed by atoms with Crippen LogP contribution in [0.2, 0.25) is 0 Å². The monoisotopic (exact) mass is 264 g/mol. The first-order valence-corrected chi connectivity index (χ1v) is 5.95. The minimum atomic E-state index is -1.03. The molecule has 0 amide bonds. The molecule has 6 heteroatoms. The quantitative estimate of drug-likeness (QED) is 0.833. The van der Waals surface area contributed by atoms with E-state index in [4.69, 9.17) is 17.3 Å². The Morgan fingerprint density at radius 1 is 1.50 bits per heavy atom.